The van der Waals surface area contributed by atoms with Crippen molar-refractivity contribution in [3.05, 3.63) is 115 Å². The van der Waals surface area contributed by atoms with Gasteiger partial charge in [0.05, 0.1) is 22.8 Å². The van der Waals surface area contributed by atoms with Crippen molar-refractivity contribution < 1.29 is 0 Å². The highest BCUT2D eigenvalue weighted by molar-refractivity contribution is 5.84. The van der Waals surface area contributed by atoms with Crippen LogP contribution in [0.4, 0.5) is 0 Å². The lowest BCUT2D eigenvalue weighted by Gasteiger charge is -2.31. The van der Waals surface area contributed by atoms with Gasteiger partial charge in [-0.2, -0.15) is 0 Å². The first-order chi connectivity index (χ1) is 28.4. The molecule has 12 heteroatoms. The molecule has 3 aromatic heterocycles. The average molecular weight is 807 g/mol. The van der Waals surface area contributed by atoms with Gasteiger partial charge in [-0.3, -0.25) is 0 Å². The number of hydrogen-bond acceptors (Lipinski definition) is 10. The van der Waals surface area contributed by atoms with E-state index in [2.05, 4.69) is 210 Å². The van der Waals surface area contributed by atoms with E-state index >= 15 is 0 Å². The lowest BCUT2D eigenvalue weighted by molar-refractivity contribution is 0.190. The van der Waals surface area contributed by atoms with Crippen LogP contribution in [0.5, 0.6) is 0 Å². The van der Waals surface area contributed by atoms with Crippen molar-refractivity contribution in [1.29, 1.82) is 0 Å². The molecule has 9 heterocycles. The molecule has 12 nitrogen and oxygen atoms in total. The summed E-state index contributed by atoms with van der Waals surface area (Å²) in [5.41, 5.74) is 22.4. The molecule has 0 atom stereocenters. The van der Waals surface area contributed by atoms with E-state index in [0.717, 1.165) is 61.5 Å². The quantitative estimate of drug-likeness (QED) is 0.184. The summed E-state index contributed by atoms with van der Waals surface area (Å²) in [7, 11) is 17.6. The zero-order valence-corrected chi connectivity index (χ0v) is 38.4. The zero-order chi connectivity index (χ0) is 43.0. The van der Waals surface area contributed by atoms with Crippen molar-refractivity contribution >= 4 is 46.4 Å². The summed E-state index contributed by atoms with van der Waals surface area (Å²) in [4.78, 5) is 38.4. The standard InChI is InChI=1S/C48H62N12/c1-25-26(2)54(10)45(53(25)9)41-33-17-19-35(49-33)42(46-55(11)27(3)28(4)56(46)12)37-21-23-39(51-37)44(48-59(15)31(7)32(8)60(48)16)40-24-22-38(52-40)43(36-20-18-34(41)50-36)47-57(13)29(5)30(6)58(47)14/h17-24,45-50H,1-16H3. The van der Waals surface area contributed by atoms with Crippen molar-refractivity contribution in [2.24, 2.45) is 0 Å². The molecule has 314 valence electrons. The fourth-order valence-corrected chi connectivity index (χ4v) is 10.5. The fourth-order valence-electron chi connectivity index (χ4n) is 10.5. The molecule has 0 fully saturated rings. The molecule has 6 aliphatic heterocycles. The first-order valence-electron chi connectivity index (χ1n) is 21.1. The first kappa shape index (κ1) is 39.4. The Morgan fingerprint density at radius 3 is 0.783 bits per heavy atom. The minimum absolute atomic E-state index is 0.0508. The van der Waals surface area contributed by atoms with Gasteiger partial charge in [0.1, 0.15) is 24.7 Å². The van der Waals surface area contributed by atoms with Crippen LogP contribution in [0.1, 0.15) is 125 Å². The van der Waals surface area contributed by atoms with Crippen LogP contribution >= 0.6 is 0 Å². The van der Waals surface area contributed by atoms with Gasteiger partial charge in [-0.15, -0.1) is 0 Å². The summed E-state index contributed by atoms with van der Waals surface area (Å²) in [5.74, 6) is 0. The summed E-state index contributed by atoms with van der Waals surface area (Å²) < 4.78 is 0. The van der Waals surface area contributed by atoms with E-state index in [9.17, 15) is 0 Å². The molecule has 0 unspecified atom stereocenters. The number of fused-ring (bicyclic) bond motifs is 8. The number of nitrogens with one attached hydrogen (secondary N) is 2. The van der Waals surface area contributed by atoms with E-state index in [1.165, 1.54) is 51.1 Å². The third-order valence-electron chi connectivity index (χ3n) is 15.2. The maximum Gasteiger partial charge on any atom is 0.131 e. The molecular weight excluding hydrogens is 745 g/mol. The van der Waals surface area contributed by atoms with Crippen LogP contribution in [0.15, 0.2) is 69.8 Å². The number of rotatable bonds is 4. The van der Waals surface area contributed by atoms with Crippen LogP contribution in [0.25, 0.3) is 46.4 Å². The van der Waals surface area contributed by atoms with Gasteiger partial charge in [0, 0.05) is 146 Å². The van der Waals surface area contributed by atoms with Gasteiger partial charge in [0.2, 0.25) is 0 Å². The third kappa shape index (κ3) is 5.41. The maximum absolute atomic E-state index is 5.65. The van der Waals surface area contributed by atoms with Crippen LogP contribution in [-0.4, -0.2) is 116 Å². The average Bonchev–Trinajstić information content (AvgIpc) is 4.13. The van der Waals surface area contributed by atoms with Crippen LogP contribution < -0.4 is 0 Å². The largest absolute Gasteiger partial charge is 0.355 e. The Labute approximate surface area is 355 Å². The van der Waals surface area contributed by atoms with Gasteiger partial charge in [-0.25, -0.2) is 9.97 Å². The molecule has 6 aliphatic rings. The van der Waals surface area contributed by atoms with E-state index in [4.69, 9.17) is 9.97 Å². The number of hydrogen-bond donors (Lipinski definition) is 2. The van der Waals surface area contributed by atoms with Crippen molar-refractivity contribution in [2.45, 2.75) is 80.1 Å². The monoisotopic (exact) mass is 807 g/mol. The Hall–Kier alpha value is -6.04. The predicted octanol–water partition coefficient (Wildman–Crippen LogP) is 9.16. The minimum atomic E-state index is -0.0977. The van der Waals surface area contributed by atoms with Crippen molar-refractivity contribution in [1.82, 2.24) is 59.1 Å². The summed E-state index contributed by atoms with van der Waals surface area (Å²) in [6.07, 6.45) is 8.55. The Morgan fingerprint density at radius 2 is 0.517 bits per heavy atom. The summed E-state index contributed by atoms with van der Waals surface area (Å²) >= 11 is 0. The van der Waals surface area contributed by atoms with Gasteiger partial charge in [-0.05, 0) is 104 Å². The molecule has 8 bridgehead atoms. The fraction of sp³-hybridized carbons (Fsp3) is 0.417. The van der Waals surface area contributed by atoms with Crippen molar-refractivity contribution in [2.75, 3.05) is 56.4 Å². The lowest BCUT2D eigenvalue weighted by atomic mass is 10.1. The summed E-state index contributed by atoms with van der Waals surface area (Å²) in [5, 5.41) is 0. The van der Waals surface area contributed by atoms with E-state index < -0.39 is 0 Å². The number of aromatic amines is 2. The molecule has 0 aromatic carbocycles. The molecular formula is C48H62N12. The van der Waals surface area contributed by atoms with E-state index in [-0.39, 0.29) is 24.7 Å². The van der Waals surface area contributed by atoms with Crippen LogP contribution in [0.3, 0.4) is 0 Å². The van der Waals surface area contributed by atoms with Gasteiger partial charge < -0.3 is 49.2 Å². The second-order valence-electron chi connectivity index (χ2n) is 17.7. The molecule has 3 aromatic rings. The van der Waals surface area contributed by atoms with Gasteiger partial charge in [0.15, 0.2) is 0 Å². The maximum atomic E-state index is 5.65. The second-order valence-corrected chi connectivity index (χ2v) is 17.7. The lowest BCUT2D eigenvalue weighted by Crippen LogP contribution is -2.29. The van der Waals surface area contributed by atoms with Gasteiger partial charge in [-0.1, -0.05) is 0 Å². The van der Waals surface area contributed by atoms with Crippen molar-refractivity contribution in [3.8, 4) is 0 Å². The predicted molar refractivity (Wildman–Crippen MR) is 245 cm³/mol. The van der Waals surface area contributed by atoms with E-state index in [0.29, 0.717) is 0 Å². The molecule has 0 radical (unpaired) electrons. The molecule has 2 N–H and O–H groups in total. The molecule has 0 amide bonds. The SMILES string of the molecule is CC1=C(C)N(C)C(c2c3nc(c(C4N(C)C(C)=C(C)N4C)c4ccc([nH]4)c(C4N(C)C(C)=C(C)N4C)c4ccc([nH]4)c(C4N(C)C(C)=C(C)N4C)c4nc2C=C4)C=C3)N1C. The smallest absolute Gasteiger partial charge is 0.131 e. The van der Waals surface area contributed by atoms with Crippen molar-refractivity contribution in [3.63, 3.8) is 0 Å². The number of nitrogens with zero attached hydrogens (tertiary/aromatic N) is 10. The molecule has 60 heavy (non-hydrogen) atoms. The molecule has 0 aliphatic carbocycles. The Balaban J connectivity index is 1.44. The summed E-state index contributed by atoms with van der Waals surface area (Å²) in [6.45, 7) is 17.7. The zero-order valence-electron chi connectivity index (χ0n) is 38.4. The Morgan fingerprint density at radius 1 is 0.317 bits per heavy atom. The number of aromatic nitrogens is 4. The third-order valence-corrected chi connectivity index (χ3v) is 15.2. The van der Waals surface area contributed by atoms with Gasteiger partial charge in [0.25, 0.3) is 0 Å². The topological polar surface area (TPSA) is 83.3 Å². The van der Waals surface area contributed by atoms with E-state index in [1.54, 1.807) is 0 Å². The van der Waals surface area contributed by atoms with E-state index in [1.807, 2.05) is 0 Å². The van der Waals surface area contributed by atoms with Crippen LogP contribution in [-0.2, 0) is 0 Å². The van der Waals surface area contributed by atoms with Gasteiger partial charge >= 0.3 is 0 Å². The molecule has 0 saturated heterocycles. The highest BCUT2D eigenvalue weighted by atomic mass is 15.4. The highest BCUT2D eigenvalue weighted by Crippen LogP contribution is 2.46. The minimum Gasteiger partial charge on any atom is -0.355 e. The molecule has 0 saturated carbocycles. The highest BCUT2D eigenvalue weighted by Gasteiger charge is 2.39. The summed E-state index contributed by atoms with van der Waals surface area (Å²) in [6, 6.07) is 9.05. The molecule has 9 rings (SSSR count). The first-order valence-corrected chi connectivity index (χ1v) is 21.1. The normalized spacial score (nSPS) is 19.7. The number of allylic oxidation sites excluding steroid dienone is 8. The van der Waals surface area contributed by atoms with Crippen LogP contribution in [0.2, 0.25) is 0 Å². The Kier molecular flexibility index (Phi) is 9.04. The molecule has 0 spiro atoms. The number of H-pyrrole nitrogens is 2. The Bertz CT molecular complexity index is 2510. The van der Waals surface area contributed by atoms with Crippen LogP contribution in [0, 0.1) is 0 Å². The second kappa shape index (κ2) is 13.8.